The minimum Gasteiger partial charge on any atom is -0.396 e. The summed E-state index contributed by atoms with van der Waals surface area (Å²) in [6.07, 6.45) is 0.658. The van der Waals surface area contributed by atoms with E-state index >= 15 is 0 Å². The van der Waals surface area contributed by atoms with E-state index in [0.717, 1.165) is 5.56 Å². The van der Waals surface area contributed by atoms with Crippen molar-refractivity contribution in [1.29, 1.82) is 0 Å². The second kappa shape index (κ2) is 6.69. The second-order valence-corrected chi connectivity index (χ2v) is 4.38. The maximum absolute atomic E-state index is 13.5. The van der Waals surface area contributed by atoms with Gasteiger partial charge in [0.25, 0.3) is 0 Å². The zero-order valence-corrected chi connectivity index (χ0v) is 10.4. The Kier molecular flexibility index (Phi) is 5.55. The highest BCUT2D eigenvalue weighted by Crippen LogP contribution is 2.16. The molecule has 0 bridgehead atoms. The lowest BCUT2D eigenvalue weighted by Crippen LogP contribution is -2.35. The molecule has 0 spiro atoms. The first-order valence-corrected chi connectivity index (χ1v) is 5.91. The molecule has 0 radical (unpaired) electrons. The second-order valence-electron chi connectivity index (χ2n) is 4.38. The first-order valence-electron chi connectivity index (χ1n) is 5.91. The number of rotatable bonds is 6. The number of nitrogens with one attached hydrogen (secondary N) is 1. The van der Waals surface area contributed by atoms with Gasteiger partial charge in [0.2, 0.25) is 0 Å². The number of hydrogen-bond donors (Lipinski definition) is 3. The van der Waals surface area contributed by atoms with Crippen LogP contribution in [-0.2, 0) is 0 Å². The third-order valence-corrected chi connectivity index (χ3v) is 2.88. The van der Waals surface area contributed by atoms with Crippen LogP contribution in [0.25, 0.3) is 0 Å². The first-order chi connectivity index (χ1) is 8.08. The Morgan fingerprint density at radius 2 is 2.18 bits per heavy atom. The molecular formula is C13H21FN2O. The van der Waals surface area contributed by atoms with Gasteiger partial charge in [-0.15, -0.1) is 0 Å². The van der Waals surface area contributed by atoms with Crippen LogP contribution in [0, 0.1) is 12.7 Å². The summed E-state index contributed by atoms with van der Waals surface area (Å²) in [7, 11) is 0. The van der Waals surface area contributed by atoms with Crippen LogP contribution in [0.3, 0.4) is 0 Å². The van der Waals surface area contributed by atoms with Crippen molar-refractivity contribution in [2.75, 3.05) is 13.2 Å². The van der Waals surface area contributed by atoms with Crippen LogP contribution in [0.5, 0.6) is 0 Å². The van der Waals surface area contributed by atoms with Crippen molar-refractivity contribution in [2.45, 2.75) is 32.4 Å². The van der Waals surface area contributed by atoms with E-state index in [1.807, 2.05) is 13.0 Å². The maximum Gasteiger partial charge on any atom is 0.126 e. The molecule has 0 heterocycles. The molecule has 0 fully saturated rings. The maximum atomic E-state index is 13.5. The van der Waals surface area contributed by atoms with Crippen molar-refractivity contribution in [2.24, 2.45) is 5.73 Å². The molecule has 17 heavy (non-hydrogen) atoms. The lowest BCUT2D eigenvalue weighted by atomic mass is 10.0. The number of benzene rings is 1. The van der Waals surface area contributed by atoms with Crippen LogP contribution in [0.4, 0.5) is 4.39 Å². The van der Waals surface area contributed by atoms with E-state index in [9.17, 15) is 4.39 Å². The van der Waals surface area contributed by atoms with Crippen molar-refractivity contribution < 1.29 is 9.50 Å². The standard InChI is InChI=1S/C13H21FN2O/c1-9-3-4-11(7-12(9)14)13(8-15)16-10(2)5-6-17/h3-4,7,10,13,16-17H,5-6,8,15H2,1-2H3. The Morgan fingerprint density at radius 3 is 2.71 bits per heavy atom. The average molecular weight is 240 g/mol. The molecule has 1 aromatic rings. The zero-order valence-electron chi connectivity index (χ0n) is 10.4. The number of aryl methyl sites for hydroxylation is 1. The normalized spacial score (nSPS) is 14.6. The zero-order chi connectivity index (χ0) is 12.8. The number of hydrogen-bond acceptors (Lipinski definition) is 3. The first kappa shape index (κ1) is 14.1. The summed E-state index contributed by atoms with van der Waals surface area (Å²) in [6, 6.07) is 5.23. The van der Waals surface area contributed by atoms with Gasteiger partial charge in [0.15, 0.2) is 0 Å². The summed E-state index contributed by atoms with van der Waals surface area (Å²) < 4.78 is 13.5. The summed E-state index contributed by atoms with van der Waals surface area (Å²) in [5.74, 6) is -0.211. The lowest BCUT2D eigenvalue weighted by Gasteiger charge is -2.22. The predicted octanol–water partition coefficient (Wildman–Crippen LogP) is 1.49. The largest absolute Gasteiger partial charge is 0.396 e. The average Bonchev–Trinajstić information content (AvgIpc) is 2.30. The predicted molar refractivity (Wildman–Crippen MR) is 67.2 cm³/mol. The molecule has 96 valence electrons. The van der Waals surface area contributed by atoms with Crippen LogP contribution < -0.4 is 11.1 Å². The van der Waals surface area contributed by atoms with E-state index in [0.29, 0.717) is 18.5 Å². The Balaban J connectivity index is 2.75. The fraction of sp³-hybridized carbons (Fsp3) is 0.538. The van der Waals surface area contributed by atoms with Gasteiger partial charge in [0.1, 0.15) is 5.82 Å². The van der Waals surface area contributed by atoms with Gasteiger partial charge in [0, 0.05) is 25.2 Å². The van der Waals surface area contributed by atoms with Crippen LogP contribution in [0.2, 0.25) is 0 Å². The van der Waals surface area contributed by atoms with Gasteiger partial charge in [-0.05, 0) is 37.5 Å². The monoisotopic (exact) mass is 240 g/mol. The summed E-state index contributed by atoms with van der Waals surface area (Å²) >= 11 is 0. The molecule has 2 unspecified atom stereocenters. The molecule has 0 aliphatic heterocycles. The van der Waals surface area contributed by atoms with Gasteiger partial charge in [-0.2, -0.15) is 0 Å². The number of nitrogens with two attached hydrogens (primary N) is 1. The van der Waals surface area contributed by atoms with Gasteiger partial charge in [-0.25, -0.2) is 4.39 Å². The van der Waals surface area contributed by atoms with Crippen LogP contribution in [-0.4, -0.2) is 24.3 Å². The lowest BCUT2D eigenvalue weighted by molar-refractivity contribution is 0.263. The molecule has 0 aromatic heterocycles. The highest BCUT2D eigenvalue weighted by Gasteiger charge is 2.13. The molecular weight excluding hydrogens is 219 g/mol. The topological polar surface area (TPSA) is 58.3 Å². The molecule has 0 aliphatic carbocycles. The van der Waals surface area contributed by atoms with Gasteiger partial charge in [-0.3, -0.25) is 0 Å². The number of aliphatic hydroxyl groups excluding tert-OH is 1. The summed E-state index contributed by atoms with van der Waals surface area (Å²) in [4.78, 5) is 0. The van der Waals surface area contributed by atoms with E-state index in [-0.39, 0.29) is 24.5 Å². The SMILES string of the molecule is Cc1ccc(C(CN)NC(C)CCO)cc1F. The van der Waals surface area contributed by atoms with Crippen molar-refractivity contribution in [3.8, 4) is 0 Å². The Morgan fingerprint density at radius 1 is 1.47 bits per heavy atom. The Labute approximate surface area is 102 Å². The molecule has 0 saturated carbocycles. The molecule has 4 N–H and O–H groups in total. The Bertz CT molecular complexity index is 357. The van der Waals surface area contributed by atoms with Crippen molar-refractivity contribution >= 4 is 0 Å². The van der Waals surface area contributed by atoms with Gasteiger partial charge >= 0.3 is 0 Å². The van der Waals surface area contributed by atoms with E-state index < -0.39 is 0 Å². The minimum atomic E-state index is -0.211. The van der Waals surface area contributed by atoms with E-state index in [2.05, 4.69) is 5.32 Å². The van der Waals surface area contributed by atoms with Gasteiger partial charge < -0.3 is 16.2 Å². The summed E-state index contributed by atoms with van der Waals surface area (Å²) in [5, 5.41) is 12.1. The van der Waals surface area contributed by atoms with Crippen molar-refractivity contribution in [3.05, 3.63) is 35.1 Å². The molecule has 3 nitrogen and oxygen atoms in total. The third kappa shape index (κ3) is 4.07. The van der Waals surface area contributed by atoms with E-state index in [4.69, 9.17) is 10.8 Å². The Hall–Kier alpha value is -0.970. The van der Waals surface area contributed by atoms with Gasteiger partial charge in [0.05, 0.1) is 0 Å². The fourth-order valence-electron chi connectivity index (χ4n) is 1.75. The minimum absolute atomic E-state index is 0.0772. The summed E-state index contributed by atoms with van der Waals surface area (Å²) in [5.41, 5.74) is 7.17. The fourth-order valence-corrected chi connectivity index (χ4v) is 1.75. The van der Waals surface area contributed by atoms with Crippen molar-refractivity contribution in [1.82, 2.24) is 5.32 Å². The van der Waals surface area contributed by atoms with Crippen LogP contribution in [0.15, 0.2) is 18.2 Å². The van der Waals surface area contributed by atoms with E-state index in [1.54, 1.807) is 13.0 Å². The molecule has 4 heteroatoms. The molecule has 0 saturated heterocycles. The molecule has 0 aliphatic rings. The van der Waals surface area contributed by atoms with Crippen LogP contribution >= 0.6 is 0 Å². The van der Waals surface area contributed by atoms with Gasteiger partial charge in [-0.1, -0.05) is 12.1 Å². The molecule has 0 amide bonds. The van der Waals surface area contributed by atoms with E-state index in [1.165, 1.54) is 6.07 Å². The molecule has 1 aromatic carbocycles. The van der Waals surface area contributed by atoms with Crippen LogP contribution in [0.1, 0.15) is 30.5 Å². The summed E-state index contributed by atoms with van der Waals surface area (Å²) in [6.45, 7) is 4.24. The number of halogens is 1. The molecule has 2 atom stereocenters. The highest BCUT2D eigenvalue weighted by atomic mass is 19.1. The van der Waals surface area contributed by atoms with Crippen molar-refractivity contribution in [3.63, 3.8) is 0 Å². The quantitative estimate of drug-likeness (QED) is 0.706. The molecule has 1 rings (SSSR count). The smallest absolute Gasteiger partial charge is 0.126 e. The highest BCUT2D eigenvalue weighted by molar-refractivity contribution is 5.26. The number of aliphatic hydroxyl groups is 1. The third-order valence-electron chi connectivity index (χ3n) is 2.88.